The molecular weight excluding hydrogens is 538 g/mol. The zero-order valence-corrected chi connectivity index (χ0v) is 23.8. The van der Waals surface area contributed by atoms with Gasteiger partial charge in [-0.25, -0.2) is 0 Å². The predicted molar refractivity (Wildman–Crippen MR) is 161 cm³/mol. The molecule has 8 N–H and O–H groups in total. The molecule has 3 aromatic carbocycles. The van der Waals surface area contributed by atoms with Crippen LogP contribution in [0.2, 0.25) is 0 Å². The average Bonchev–Trinajstić information content (AvgIpc) is 3.38. The standard InChI is InChI=1S/C31H33N5O4S/c1-16-14-18(40-23-8-4-3-7-22(23)39-2)9-10-19(16)31(34)20-11-12-21(32)27-24(20)25(26(33)29(31)37)28(41-27)30(38)36-17-6-5-13-35-15-17/h3-4,7-12,14,17,26,35H,5-6,13,15,32-34H2,1-2H3,(H,36,38). The molecule has 2 aliphatic rings. The van der Waals surface area contributed by atoms with Gasteiger partial charge in [0.1, 0.15) is 11.3 Å². The molecule has 1 aromatic heterocycles. The molecule has 2 heterocycles. The number of Topliss-reactive ketones (excluding diaryl/α,β-unsaturated/α-hetero) is 1. The lowest BCUT2D eigenvalue weighted by Gasteiger charge is -2.37. The van der Waals surface area contributed by atoms with Crippen LogP contribution in [0.5, 0.6) is 17.2 Å². The maximum Gasteiger partial charge on any atom is 0.262 e. The number of ketones is 1. The molecule has 9 nitrogen and oxygen atoms in total. The van der Waals surface area contributed by atoms with Gasteiger partial charge in [0.2, 0.25) is 0 Å². The SMILES string of the molecule is COc1ccccc1Oc1ccc(C2(N)C(=O)C(N)c3c(C(=O)NC4CCCNC4)sc4c(N)ccc2c34)c(C)c1. The summed E-state index contributed by atoms with van der Waals surface area (Å²) >= 11 is 1.26. The molecule has 3 unspecified atom stereocenters. The molecule has 212 valence electrons. The van der Waals surface area contributed by atoms with Crippen LogP contribution in [0.25, 0.3) is 10.1 Å². The summed E-state index contributed by atoms with van der Waals surface area (Å²) in [5.74, 6) is 1.11. The molecule has 0 saturated carbocycles. The summed E-state index contributed by atoms with van der Waals surface area (Å²) in [6.45, 7) is 3.52. The number of amides is 1. The minimum Gasteiger partial charge on any atom is -0.493 e. The Morgan fingerprint density at radius 1 is 1.12 bits per heavy atom. The zero-order chi connectivity index (χ0) is 28.9. The van der Waals surface area contributed by atoms with Gasteiger partial charge in [0.25, 0.3) is 5.91 Å². The average molecular weight is 572 g/mol. The van der Waals surface area contributed by atoms with Crippen molar-refractivity contribution in [3.05, 3.63) is 81.7 Å². The lowest BCUT2D eigenvalue weighted by molar-refractivity contribution is -0.124. The van der Waals surface area contributed by atoms with Crippen molar-refractivity contribution < 1.29 is 19.1 Å². The number of para-hydroxylation sites is 2. The van der Waals surface area contributed by atoms with Gasteiger partial charge >= 0.3 is 0 Å². The Hall–Kier alpha value is -3.96. The minimum absolute atomic E-state index is 0.00818. The second-order valence-electron chi connectivity index (χ2n) is 10.6. The lowest BCUT2D eigenvalue weighted by atomic mass is 9.69. The fourth-order valence-corrected chi connectivity index (χ4v) is 7.23. The molecule has 3 atom stereocenters. The molecule has 0 radical (unpaired) electrons. The molecule has 4 aromatic rings. The van der Waals surface area contributed by atoms with Crippen LogP contribution in [-0.4, -0.2) is 37.9 Å². The molecule has 0 bridgehead atoms. The summed E-state index contributed by atoms with van der Waals surface area (Å²) in [6.07, 6.45) is 1.87. The van der Waals surface area contributed by atoms with Crippen molar-refractivity contribution in [2.75, 3.05) is 25.9 Å². The van der Waals surface area contributed by atoms with Gasteiger partial charge in [0, 0.05) is 29.2 Å². The van der Waals surface area contributed by atoms with Crippen LogP contribution in [0.15, 0.2) is 54.6 Å². The number of aryl methyl sites for hydroxylation is 1. The zero-order valence-electron chi connectivity index (χ0n) is 23.0. The van der Waals surface area contributed by atoms with Gasteiger partial charge < -0.3 is 37.3 Å². The summed E-state index contributed by atoms with van der Waals surface area (Å²) in [6, 6.07) is 15.2. The van der Waals surface area contributed by atoms with Gasteiger partial charge in [-0.3, -0.25) is 9.59 Å². The number of carbonyl (C=O) groups is 2. The first-order chi connectivity index (χ1) is 19.7. The Balaban J connectivity index is 1.43. The van der Waals surface area contributed by atoms with Gasteiger partial charge in [0.05, 0.1) is 22.7 Å². The number of nitrogen functional groups attached to an aromatic ring is 1. The Kier molecular flexibility index (Phi) is 6.95. The second-order valence-corrected chi connectivity index (χ2v) is 11.7. The van der Waals surface area contributed by atoms with E-state index in [2.05, 4.69) is 10.6 Å². The number of hydrogen-bond acceptors (Lipinski definition) is 9. The van der Waals surface area contributed by atoms with Crippen molar-refractivity contribution in [1.82, 2.24) is 10.6 Å². The van der Waals surface area contributed by atoms with Gasteiger partial charge in [-0.15, -0.1) is 11.3 Å². The largest absolute Gasteiger partial charge is 0.493 e. The van der Waals surface area contributed by atoms with E-state index in [1.807, 2.05) is 37.3 Å². The topological polar surface area (TPSA) is 155 Å². The molecule has 1 aliphatic carbocycles. The molecule has 1 saturated heterocycles. The monoisotopic (exact) mass is 571 g/mol. The third-order valence-electron chi connectivity index (χ3n) is 8.07. The highest BCUT2D eigenvalue weighted by atomic mass is 32.1. The van der Waals surface area contributed by atoms with Crippen LogP contribution in [0.4, 0.5) is 5.69 Å². The Bertz CT molecular complexity index is 1680. The van der Waals surface area contributed by atoms with Crippen molar-refractivity contribution in [2.45, 2.75) is 37.4 Å². The van der Waals surface area contributed by atoms with Crippen molar-refractivity contribution in [3.8, 4) is 17.2 Å². The lowest BCUT2D eigenvalue weighted by Crippen LogP contribution is -2.53. The van der Waals surface area contributed by atoms with E-state index in [9.17, 15) is 9.59 Å². The molecular formula is C31H33N5O4S. The number of benzene rings is 3. The van der Waals surface area contributed by atoms with E-state index >= 15 is 0 Å². The number of anilines is 1. The first kappa shape index (κ1) is 27.2. The molecule has 41 heavy (non-hydrogen) atoms. The van der Waals surface area contributed by atoms with Crippen LogP contribution in [0.3, 0.4) is 0 Å². The fraction of sp³-hybridized carbons (Fsp3) is 0.290. The van der Waals surface area contributed by atoms with Crippen LogP contribution in [0.1, 0.15) is 50.8 Å². The van der Waals surface area contributed by atoms with Crippen molar-refractivity contribution in [1.29, 1.82) is 0 Å². The first-order valence-electron chi connectivity index (χ1n) is 13.6. The van der Waals surface area contributed by atoms with Crippen LogP contribution < -0.4 is 37.3 Å². The molecule has 1 fully saturated rings. The van der Waals surface area contributed by atoms with Gasteiger partial charge in [0.15, 0.2) is 17.3 Å². The Morgan fingerprint density at radius 2 is 1.88 bits per heavy atom. The van der Waals surface area contributed by atoms with E-state index in [4.69, 9.17) is 26.7 Å². The third kappa shape index (κ3) is 4.43. The summed E-state index contributed by atoms with van der Waals surface area (Å²) in [5.41, 5.74) is 21.5. The van der Waals surface area contributed by atoms with E-state index in [1.165, 1.54) is 11.3 Å². The van der Waals surface area contributed by atoms with Crippen molar-refractivity contribution in [3.63, 3.8) is 0 Å². The first-order valence-corrected chi connectivity index (χ1v) is 14.4. The minimum atomic E-state index is -1.55. The number of thiophene rings is 1. The van der Waals surface area contributed by atoms with Crippen molar-refractivity contribution in [2.24, 2.45) is 11.5 Å². The highest BCUT2D eigenvalue weighted by Crippen LogP contribution is 2.50. The summed E-state index contributed by atoms with van der Waals surface area (Å²) in [4.78, 5) is 28.0. The second kappa shape index (κ2) is 10.5. The summed E-state index contributed by atoms with van der Waals surface area (Å²) < 4.78 is 12.2. The third-order valence-corrected chi connectivity index (χ3v) is 9.32. The Morgan fingerprint density at radius 3 is 2.59 bits per heavy atom. The molecule has 6 rings (SSSR count). The van der Waals surface area contributed by atoms with Crippen LogP contribution in [0, 0.1) is 6.92 Å². The summed E-state index contributed by atoms with van der Waals surface area (Å²) in [5, 5.41) is 7.11. The Labute approximate surface area is 242 Å². The number of nitrogens with one attached hydrogen (secondary N) is 2. The highest BCUT2D eigenvalue weighted by Gasteiger charge is 2.49. The highest BCUT2D eigenvalue weighted by molar-refractivity contribution is 7.21. The van der Waals surface area contributed by atoms with E-state index < -0.39 is 11.6 Å². The number of piperidine rings is 1. The molecule has 1 aliphatic heterocycles. The number of nitrogens with two attached hydrogens (primary N) is 3. The van der Waals surface area contributed by atoms with Crippen molar-refractivity contribution >= 4 is 38.8 Å². The number of rotatable bonds is 6. The van der Waals surface area contributed by atoms with E-state index in [1.54, 1.807) is 31.4 Å². The number of ether oxygens (including phenoxy) is 2. The molecule has 1 amide bonds. The predicted octanol–water partition coefficient (Wildman–Crippen LogP) is 3.86. The smallest absolute Gasteiger partial charge is 0.262 e. The normalized spacial score (nSPS) is 22.0. The van der Waals surface area contributed by atoms with Gasteiger partial charge in [-0.05, 0) is 73.3 Å². The quantitative estimate of drug-likeness (QED) is 0.219. The van der Waals surface area contributed by atoms with Gasteiger partial charge in [-0.2, -0.15) is 0 Å². The molecule has 10 heteroatoms. The maximum atomic E-state index is 14.1. The molecule has 0 spiro atoms. The fourth-order valence-electron chi connectivity index (χ4n) is 6.03. The van der Waals surface area contributed by atoms with Crippen LogP contribution in [-0.2, 0) is 10.3 Å². The van der Waals surface area contributed by atoms with Gasteiger partial charge in [-0.1, -0.05) is 24.3 Å². The number of carbonyl (C=O) groups excluding carboxylic acids is 2. The van der Waals surface area contributed by atoms with E-state index in [0.717, 1.165) is 24.9 Å². The number of methoxy groups -OCH3 is 1. The van der Waals surface area contributed by atoms with E-state index in [-0.39, 0.29) is 17.7 Å². The maximum absolute atomic E-state index is 14.1. The summed E-state index contributed by atoms with van der Waals surface area (Å²) in [7, 11) is 1.58. The number of hydrogen-bond donors (Lipinski definition) is 5. The van der Waals surface area contributed by atoms with E-state index in [0.29, 0.717) is 61.1 Å². The van der Waals surface area contributed by atoms with Crippen LogP contribution >= 0.6 is 11.3 Å².